The maximum atomic E-state index is 11.6. The minimum absolute atomic E-state index is 0.293. The SMILES string of the molecule is COC(=O)NC[C@@H](C)[C@H]1CCC2C3CC[C@H]4C[C@@H](NCCN)CC[C@]4(C)C3CC[C@@]21C. The summed E-state index contributed by atoms with van der Waals surface area (Å²) >= 11 is 0. The predicted octanol–water partition coefficient (Wildman–Crippen LogP) is 4.55. The van der Waals surface area contributed by atoms with Gasteiger partial charge in [0.15, 0.2) is 0 Å². The van der Waals surface area contributed by atoms with Gasteiger partial charge in [0.2, 0.25) is 0 Å². The lowest BCUT2D eigenvalue weighted by Gasteiger charge is -2.61. The molecule has 4 N–H and O–H groups in total. The number of rotatable bonds is 6. The second-order valence-corrected chi connectivity index (χ2v) is 11.9. The zero-order valence-corrected chi connectivity index (χ0v) is 20.4. The molecule has 0 radical (unpaired) electrons. The van der Waals surface area contributed by atoms with E-state index >= 15 is 0 Å². The van der Waals surface area contributed by atoms with Gasteiger partial charge in [-0.15, -0.1) is 0 Å². The van der Waals surface area contributed by atoms with E-state index in [1.54, 1.807) is 0 Å². The van der Waals surface area contributed by atoms with Crippen molar-refractivity contribution in [2.75, 3.05) is 26.7 Å². The minimum atomic E-state index is -0.293. The molecule has 4 fully saturated rings. The van der Waals surface area contributed by atoms with Gasteiger partial charge in [0.25, 0.3) is 0 Å². The predicted molar refractivity (Wildman–Crippen MR) is 126 cm³/mol. The Kier molecular flexibility index (Phi) is 6.94. The zero-order valence-electron chi connectivity index (χ0n) is 20.4. The molecule has 4 aliphatic rings. The van der Waals surface area contributed by atoms with Gasteiger partial charge < -0.3 is 21.1 Å². The lowest BCUT2D eigenvalue weighted by molar-refractivity contribution is -0.117. The van der Waals surface area contributed by atoms with Crippen LogP contribution in [0.25, 0.3) is 0 Å². The van der Waals surface area contributed by atoms with E-state index in [2.05, 4.69) is 31.4 Å². The highest BCUT2D eigenvalue weighted by molar-refractivity contribution is 5.66. The Labute approximate surface area is 190 Å². The van der Waals surface area contributed by atoms with E-state index in [4.69, 9.17) is 10.5 Å². The Balaban J connectivity index is 1.43. The molecule has 0 spiro atoms. The number of carbonyl (C=O) groups is 1. The molecule has 0 bridgehead atoms. The first-order valence-corrected chi connectivity index (χ1v) is 13.1. The van der Waals surface area contributed by atoms with Gasteiger partial charge in [-0.25, -0.2) is 4.79 Å². The van der Waals surface area contributed by atoms with Gasteiger partial charge in [-0.2, -0.15) is 0 Å². The van der Waals surface area contributed by atoms with E-state index in [1.807, 2.05) is 0 Å². The van der Waals surface area contributed by atoms with Gasteiger partial charge in [-0.05, 0) is 104 Å². The summed E-state index contributed by atoms with van der Waals surface area (Å²) in [6.07, 6.45) is 12.2. The van der Waals surface area contributed by atoms with Crippen LogP contribution in [0.2, 0.25) is 0 Å². The number of fused-ring (bicyclic) bond motifs is 5. The number of methoxy groups -OCH3 is 1. The van der Waals surface area contributed by atoms with Crippen molar-refractivity contribution in [1.82, 2.24) is 10.6 Å². The number of amides is 1. The number of nitrogens with two attached hydrogens (primary N) is 1. The average molecular weight is 434 g/mol. The fourth-order valence-electron chi connectivity index (χ4n) is 9.16. The molecule has 0 saturated heterocycles. The molecule has 4 saturated carbocycles. The van der Waals surface area contributed by atoms with Crippen molar-refractivity contribution >= 4 is 6.09 Å². The van der Waals surface area contributed by atoms with E-state index in [9.17, 15) is 4.79 Å². The van der Waals surface area contributed by atoms with Crippen molar-refractivity contribution in [2.24, 2.45) is 52.1 Å². The molecule has 178 valence electrons. The van der Waals surface area contributed by atoms with Gasteiger partial charge in [0.05, 0.1) is 7.11 Å². The molecule has 0 aromatic carbocycles. The molecule has 0 aromatic rings. The van der Waals surface area contributed by atoms with E-state index in [-0.39, 0.29) is 6.09 Å². The topological polar surface area (TPSA) is 76.4 Å². The molecule has 3 unspecified atom stereocenters. The fourth-order valence-corrected chi connectivity index (χ4v) is 9.16. The summed E-state index contributed by atoms with van der Waals surface area (Å²) in [5.74, 6) is 4.84. The first-order chi connectivity index (χ1) is 14.8. The van der Waals surface area contributed by atoms with Gasteiger partial charge in [0, 0.05) is 25.7 Å². The molecular weight excluding hydrogens is 386 g/mol. The summed E-state index contributed by atoms with van der Waals surface area (Å²) in [6.45, 7) is 10.1. The molecule has 5 nitrogen and oxygen atoms in total. The van der Waals surface area contributed by atoms with Gasteiger partial charge in [-0.1, -0.05) is 20.8 Å². The normalized spacial score (nSPS) is 45.2. The Hall–Kier alpha value is -0.810. The molecular formula is C26H47N3O2. The summed E-state index contributed by atoms with van der Waals surface area (Å²) in [4.78, 5) is 11.6. The van der Waals surface area contributed by atoms with E-state index in [1.165, 1.54) is 64.9 Å². The Morgan fingerprint density at radius 2 is 1.81 bits per heavy atom. The van der Waals surface area contributed by atoms with Crippen LogP contribution in [0.4, 0.5) is 4.79 Å². The highest BCUT2D eigenvalue weighted by atomic mass is 16.5. The molecule has 0 aromatic heterocycles. The summed E-state index contributed by atoms with van der Waals surface area (Å²) in [6, 6.07) is 0.686. The average Bonchev–Trinajstić information content (AvgIpc) is 3.13. The van der Waals surface area contributed by atoms with Crippen LogP contribution in [0.1, 0.15) is 78.6 Å². The summed E-state index contributed by atoms with van der Waals surface area (Å²) in [5, 5.41) is 6.68. The minimum Gasteiger partial charge on any atom is -0.453 e. The maximum absolute atomic E-state index is 11.6. The monoisotopic (exact) mass is 433 g/mol. The van der Waals surface area contributed by atoms with Crippen LogP contribution in [0, 0.1) is 46.3 Å². The quantitative estimate of drug-likeness (QED) is 0.574. The van der Waals surface area contributed by atoms with Crippen LogP contribution in [0.5, 0.6) is 0 Å². The van der Waals surface area contributed by atoms with Gasteiger partial charge >= 0.3 is 6.09 Å². The summed E-state index contributed by atoms with van der Waals surface area (Å²) in [5.41, 5.74) is 6.73. The maximum Gasteiger partial charge on any atom is 0.406 e. The lowest BCUT2D eigenvalue weighted by atomic mass is 9.44. The summed E-state index contributed by atoms with van der Waals surface area (Å²) in [7, 11) is 1.45. The number of alkyl carbamates (subject to hydrolysis) is 1. The van der Waals surface area contributed by atoms with Crippen LogP contribution in [-0.2, 0) is 4.74 Å². The first kappa shape index (κ1) is 23.4. The second-order valence-electron chi connectivity index (χ2n) is 11.9. The van der Waals surface area contributed by atoms with E-state index < -0.39 is 0 Å². The van der Waals surface area contributed by atoms with Crippen LogP contribution in [0.3, 0.4) is 0 Å². The first-order valence-electron chi connectivity index (χ1n) is 13.1. The second kappa shape index (κ2) is 9.21. The number of nitrogens with one attached hydrogen (secondary N) is 2. The third-order valence-electron chi connectivity index (χ3n) is 10.8. The molecule has 0 aliphatic heterocycles. The van der Waals surface area contributed by atoms with Crippen LogP contribution >= 0.6 is 0 Å². The van der Waals surface area contributed by atoms with Crippen LogP contribution in [0.15, 0.2) is 0 Å². The van der Waals surface area contributed by atoms with Gasteiger partial charge in [0.1, 0.15) is 0 Å². The van der Waals surface area contributed by atoms with Gasteiger partial charge in [-0.3, -0.25) is 0 Å². The number of hydrogen-bond donors (Lipinski definition) is 3. The Morgan fingerprint density at radius 1 is 1.06 bits per heavy atom. The number of hydrogen-bond acceptors (Lipinski definition) is 4. The largest absolute Gasteiger partial charge is 0.453 e. The van der Waals surface area contributed by atoms with Crippen molar-refractivity contribution in [1.29, 1.82) is 0 Å². The zero-order chi connectivity index (χ0) is 22.2. The molecule has 4 rings (SSSR count). The van der Waals surface area contributed by atoms with Crippen molar-refractivity contribution in [3.05, 3.63) is 0 Å². The number of ether oxygens (including phenoxy) is 1. The van der Waals surface area contributed by atoms with Crippen molar-refractivity contribution < 1.29 is 9.53 Å². The fraction of sp³-hybridized carbons (Fsp3) is 0.962. The molecule has 9 atom stereocenters. The third kappa shape index (κ3) is 4.14. The standard InChI is InChI=1S/C26H47N3O2/c1-17(16-29-24(30)31-4)21-7-8-22-20-6-5-18-15-19(28-14-13-27)9-11-25(18,2)23(20)10-12-26(21,22)3/h17-23,28H,5-16,27H2,1-4H3,(H,29,30)/t17-,18+,19+,20?,21-,22?,23?,25+,26-/m1/s1. The van der Waals surface area contributed by atoms with Crippen molar-refractivity contribution in [3.8, 4) is 0 Å². The van der Waals surface area contributed by atoms with Crippen LogP contribution in [-0.4, -0.2) is 38.9 Å². The van der Waals surface area contributed by atoms with Crippen molar-refractivity contribution in [2.45, 2.75) is 84.6 Å². The lowest BCUT2D eigenvalue weighted by Crippen LogP contribution is -2.55. The molecule has 4 aliphatic carbocycles. The van der Waals surface area contributed by atoms with Crippen molar-refractivity contribution in [3.63, 3.8) is 0 Å². The molecule has 0 heterocycles. The third-order valence-corrected chi connectivity index (χ3v) is 10.8. The van der Waals surface area contributed by atoms with E-state index in [0.717, 1.165) is 49.2 Å². The summed E-state index contributed by atoms with van der Waals surface area (Å²) < 4.78 is 4.80. The molecule has 31 heavy (non-hydrogen) atoms. The van der Waals surface area contributed by atoms with Crippen LogP contribution < -0.4 is 16.4 Å². The highest BCUT2D eigenvalue weighted by Crippen LogP contribution is 2.68. The van der Waals surface area contributed by atoms with E-state index in [0.29, 0.717) is 22.8 Å². The molecule has 1 amide bonds. The Morgan fingerprint density at radius 3 is 2.55 bits per heavy atom. The number of carbonyl (C=O) groups excluding carboxylic acids is 1. The Bertz CT molecular complexity index is 642. The smallest absolute Gasteiger partial charge is 0.406 e. The molecule has 5 heteroatoms. The highest BCUT2D eigenvalue weighted by Gasteiger charge is 2.60.